The van der Waals surface area contributed by atoms with Crippen LogP contribution in [0.15, 0.2) is 0 Å². The molecule has 0 saturated heterocycles. The van der Waals surface area contributed by atoms with Gasteiger partial charge in [-0.1, -0.05) is 0 Å². The summed E-state index contributed by atoms with van der Waals surface area (Å²) in [5.74, 6) is 0. The van der Waals surface area contributed by atoms with Gasteiger partial charge in [-0.15, -0.1) is 0 Å². The fourth-order valence-corrected chi connectivity index (χ4v) is 2.44. The number of alkyl halides is 3. The molecule has 0 aliphatic heterocycles. The SMILES string of the molecule is NC1CCC(OCCCNS(=O)(=O)C(F)(F)F)CC1. The van der Waals surface area contributed by atoms with Gasteiger partial charge in [-0.3, -0.25) is 0 Å². The number of ether oxygens (including phenoxy) is 1. The highest BCUT2D eigenvalue weighted by molar-refractivity contribution is 7.90. The Morgan fingerprint density at radius 3 is 2.32 bits per heavy atom. The number of nitrogens with one attached hydrogen (secondary N) is 1. The van der Waals surface area contributed by atoms with Crippen molar-refractivity contribution in [1.29, 1.82) is 0 Å². The quantitative estimate of drug-likeness (QED) is 0.720. The van der Waals surface area contributed by atoms with E-state index >= 15 is 0 Å². The monoisotopic (exact) mass is 304 g/mol. The van der Waals surface area contributed by atoms with E-state index in [0.717, 1.165) is 25.7 Å². The van der Waals surface area contributed by atoms with Gasteiger partial charge < -0.3 is 10.5 Å². The first-order valence-corrected chi connectivity index (χ1v) is 7.64. The summed E-state index contributed by atoms with van der Waals surface area (Å²) in [6.45, 7) is -0.0473. The van der Waals surface area contributed by atoms with Crippen molar-refractivity contribution >= 4 is 10.0 Å². The molecule has 3 N–H and O–H groups in total. The van der Waals surface area contributed by atoms with Crippen molar-refractivity contribution in [3.05, 3.63) is 0 Å². The molecule has 1 aliphatic carbocycles. The van der Waals surface area contributed by atoms with E-state index in [9.17, 15) is 21.6 Å². The van der Waals surface area contributed by atoms with Crippen molar-refractivity contribution < 1.29 is 26.3 Å². The van der Waals surface area contributed by atoms with Gasteiger partial charge in [0, 0.05) is 19.2 Å². The fraction of sp³-hybridized carbons (Fsp3) is 1.00. The van der Waals surface area contributed by atoms with Crippen LogP contribution in [0.5, 0.6) is 0 Å². The van der Waals surface area contributed by atoms with Crippen LogP contribution in [0.2, 0.25) is 0 Å². The highest BCUT2D eigenvalue weighted by Gasteiger charge is 2.45. The van der Waals surface area contributed by atoms with E-state index in [2.05, 4.69) is 0 Å². The van der Waals surface area contributed by atoms with Crippen LogP contribution in [0, 0.1) is 0 Å². The number of halogens is 3. The van der Waals surface area contributed by atoms with Gasteiger partial charge in [-0.05, 0) is 32.1 Å². The molecule has 0 bridgehead atoms. The summed E-state index contributed by atoms with van der Waals surface area (Å²) in [7, 11) is -5.23. The molecule has 0 unspecified atom stereocenters. The van der Waals surface area contributed by atoms with Gasteiger partial charge in [-0.25, -0.2) is 13.1 Å². The highest BCUT2D eigenvalue weighted by Crippen LogP contribution is 2.21. The standard InChI is InChI=1S/C10H19F3N2O3S/c11-10(12,13)19(16,17)15-6-1-7-18-9-4-2-8(14)3-5-9/h8-9,15H,1-7,14H2. The molecule has 0 radical (unpaired) electrons. The average molecular weight is 304 g/mol. The van der Waals surface area contributed by atoms with E-state index in [-0.39, 0.29) is 31.7 Å². The Hall–Kier alpha value is -0.380. The van der Waals surface area contributed by atoms with E-state index in [1.54, 1.807) is 0 Å². The molecule has 0 spiro atoms. The van der Waals surface area contributed by atoms with E-state index in [1.165, 1.54) is 4.72 Å². The zero-order chi connectivity index (χ0) is 14.5. The van der Waals surface area contributed by atoms with Crippen LogP contribution in [0.25, 0.3) is 0 Å². The lowest BCUT2D eigenvalue weighted by atomic mass is 9.94. The molecular weight excluding hydrogens is 285 g/mol. The summed E-state index contributed by atoms with van der Waals surface area (Å²) in [5, 5.41) is 0. The minimum atomic E-state index is -5.26. The number of hydrogen-bond donors (Lipinski definition) is 2. The van der Waals surface area contributed by atoms with Crippen LogP contribution < -0.4 is 10.5 Å². The van der Waals surface area contributed by atoms with Gasteiger partial charge in [0.2, 0.25) is 0 Å². The second kappa shape index (κ2) is 6.87. The van der Waals surface area contributed by atoms with Crippen LogP contribution in [-0.2, 0) is 14.8 Å². The molecule has 1 fully saturated rings. The number of rotatable bonds is 6. The van der Waals surface area contributed by atoms with Gasteiger partial charge in [0.05, 0.1) is 6.10 Å². The van der Waals surface area contributed by atoms with Crippen molar-refractivity contribution in [2.24, 2.45) is 5.73 Å². The van der Waals surface area contributed by atoms with Crippen LogP contribution in [0.1, 0.15) is 32.1 Å². The Morgan fingerprint density at radius 2 is 1.79 bits per heavy atom. The van der Waals surface area contributed by atoms with Gasteiger partial charge in [-0.2, -0.15) is 13.2 Å². The fourth-order valence-electron chi connectivity index (χ4n) is 1.87. The van der Waals surface area contributed by atoms with E-state index in [4.69, 9.17) is 10.5 Å². The molecule has 0 aromatic heterocycles. The molecule has 0 heterocycles. The average Bonchev–Trinajstić information content (AvgIpc) is 2.29. The smallest absolute Gasteiger partial charge is 0.378 e. The molecule has 0 aromatic rings. The molecule has 0 amide bonds. The Bertz CT molecular complexity index is 365. The van der Waals surface area contributed by atoms with Crippen LogP contribution in [-0.4, -0.2) is 39.2 Å². The molecule has 0 aromatic carbocycles. The third kappa shape index (κ3) is 5.64. The third-order valence-corrected chi connectivity index (χ3v) is 4.18. The topological polar surface area (TPSA) is 81.4 Å². The highest BCUT2D eigenvalue weighted by atomic mass is 32.2. The number of sulfonamides is 1. The Morgan fingerprint density at radius 1 is 1.21 bits per heavy atom. The lowest BCUT2D eigenvalue weighted by Gasteiger charge is -2.26. The van der Waals surface area contributed by atoms with Crippen LogP contribution in [0.4, 0.5) is 13.2 Å². The molecule has 0 atom stereocenters. The van der Waals surface area contributed by atoms with Gasteiger partial charge in [0.1, 0.15) is 0 Å². The Labute approximate surface area is 110 Å². The van der Waals surface area contributed by atoms with Crippen molar-refractivity contribution in [2.45, 2.75) is 49.8 Å². The molecular formula is C10H19F3N2O3S. The van der Waals surface area contributed by atoms with Crippen LogP contribution in [0.3, 0.4) is 0 Å². The van der Waals surface area contributed by atoms with Crippen molar-refractivity contribution in [2.75, 3.05) is 13.2 Å². The van der Waals surface area contributed by atoms with E-state index in [1.807, 2.05) is 0 Å². The summed E-state index contributed by atoms with van der Waals surface area (Å²) >= 11 is 0. The van der Waals surface area contributed by atoms with E-state index < -0.39 is 15.5 Å². The Kier molecular flexibility index (Phi) is 6.03. The second-order valence-corrected chi connectivity index (χ2v) is 6.36. The zero-order valence-electron chi connectivity index (χ0n) is 10.4. The zero-order valence-corrected chi connectivity index (χ0v) is 11.3. The minimum Gasteiger partial charge on any atom is -0.378 e. The molecule has 1 saturated carbocycles. The molecule has 9 heteroatoms. The van der Waals surface area contributed by atoms with Gasteiger partial charge in [0.15, 0.2) is 0 Å². The lowest BCUT2D eigenvalue weighted by molar-refractivity contribution is -0.0448. The summed E-state index contributed by atoms with van der Waals surface area (Å²) in [5.41, 5.74) is 0.467. The van der Waals surface area contributed by atoms with Crippen molar-refractivity contribution in [1.82, 2.24) is 4.72 Å². The number of hydrogen-bond acceptors (Lipinski definition) is 4. The summed E-state index contributed by atoms with van der Waals surface area (Å²) < 4.78 is 64.2. The first kappa shape index (κ1) is 16.7. The molecule has 1 rings (SSSR count). The normalized spacial score (nSPS) is 25.5. The molecule has 19 heavy (non-hydrogen) atoms. The molecule has 1 aliphatic rings. The lowest BCUT2D eigenvalue weighted by Crippen LogP contribution is -2.37. The van der Waals surface area contributed by atoms with E-state index in [0.29, 0.717) is 0 Å². The molecule has 5 nitrogen and oxygen atoms in total. The molecule has 114 valence electrons. The Balaban J connectivity index is 2.12. The van der Waals surface area contributed by atoms with Gasteiger partial charge in [0.25, 0.3) is 0 Å². The summed E-state index contributed by atoms with van der Waals surface area (Å²) in [4.78, 5) is 0. The van der Waals surface area contributed by atoms with Crippen LogP contribution >= 0.6 is 0 Å². The summed E-state index contributed by atoms with van der Waals surface area (Å²) in [6, 6.07) is 0.207. The maximum absolute atomic E-state index is 12.0. The van der Waals surface area contributed by atoms with Crippen molar-refractivity contribution in [3.63, 3.8) is 0 Å². The maximum atomic E-state index is 12.0. The minimum absolute atomic E-state index is 0.0824. The maximum Gasteiger partial charge on any atom is 0.511 e. The predicted octanol–water partition coefficient (Wildman–Crippen LogP) is 1.10. The predicted molar refractivity (Wildman–Crippen MR) is 63.8 cm³/mol. The first-order valence-electron chi connectivity index (χ1n) is 6.15. The van der Waals surface area contributed by atoms with Crippen molar-refractivity contribution in [3.8, 4) is 0 Å². The van der Waals surface area contributed by atoms with Gasteiger partial charge >= 0.3 is 15.5 Å². The second-order valence-electron chi connectivity index (χ2n) is 4.60. The third-order valence-electron chi connectivity index (χ3n) is 2.99. The largest absolute Gasteiger partial charge is 0.511 e. The number of nitrogens with two attached hydrogens (primary N) is 1. The summed E-state index contributed by atoms with van der Waals surface area (Å²) in [6.07, 6.45) is 3.73. The first-order chi connectivity index (χ1) is 8.72.